The van der Waals surface area contributed by atoms with Gasteiger partial charge in [-0.05, 0) is 30.2 Å². The second-order valence-electron chi connectivity index (χ2n) is 3.82. The molecule has 0 spiro atoms. The van der Waals surface area contributed by atoms with Crippen molar-refractivity contribution in [2.24, 2.45) is 5.84 Å². The molecule has 0 unspecified atom stereocenters. The number of anilines is 1. The summed E-state index contributed by atoms with van der Waals surface area (Å²) < 4.78 is 13.7. The molecule has 17 heavy (non-hydrogen) atoms. The molecule has 3 N–H and O–H groups in total. The van der Waals surface area contributed by atoms with Gasteiger partial charge in [-0.2, -0.15) is 0 Å². The fourth-order valence-electron chi connectivity index (χ4n) is 1.82. The van der Waals surface area contributed by atoms with Crippen LogP contribution in [0.3, 0.4) is 0 Å². The van der Waals surface area contributed by atoms with E-state index in [0.717, 1.165) is 18.4 Å². The van der Waals surface area contributed by atoms with Crippen molar-refractivity contribution < 1.29 is 4.39 Å². The molecule has 1 aromatic carbocycles. The van der Waals surface area contributed by atoms with Gasteiger partial charge in [0.2, 0.25) is 0 Å². The highest BCUT2D eigenvalue weighted by Crippen LogP contribution is 2.28. The standard InChI is InChI=1S/C12H13ClFN3/c1-2-3-7-6-8-10(14)5-4-9(13)11(8)16-12(7)17-15/h4-6H,2-3,15H2,1H3,(H,16,17). The lowest BCUT2D eigenvalue weighted by Crippen LogP contribution is -2.11. The number of halogens is 2. The van der Waals surface area contributed by atoms with Crippen LogP contribution in [0.25, 0.3) is 10.9 Å². The Bertz CT molecular complexity index is 557. The molecule has 0 aliphatic heterocycles. The number of nitrogens with zero attached hydrogens (tertiary/aromatic N) is 1. The molecule has 0 amide bonds. The number of nitrogens with two attached hydrogens (primary N) is 1. The Balaban J connectivity index is 2.73. The summed E-state index contributed by atoms with van der Waals surface area (Å²) in [6, 6.07) is 4.59. The van der Waals surface area contributed by atoms with Crippen molar-refractivity contribution in [1.82, 2.24) is 4.98 Å². The van der Waals surface area contributed by atoms with E-state index in [2.05, 4.69) is 10.4 Å². The van der Waals surface area contributed by atoms with Crippen LogP contribution in [0, 0.1) is 5.82 Å². The number of nitrogen functional groups attached to an aromatic ring is 1. The number of aromatic nitrogens is 1. The zero-order chi connectivity index (χ0) is 12.4. The largest absolute Gasteiger partial charge is 0.308 e. The van der Waals surface area contributed by atoms with Crippen LogP contribution >= 0.6 is 11.6 Å². The fourth-order valence-corrected chi connectivity index (χ4v) is 2.03. The lowest BCUT2D eigenvalue weighted by atomic mass is 10.1. The highest BCUT2D eigenvalue weighted by Gasteiger charge is 2.11. The van der Waals surface area contributed by atoms with Gasteiger partial charge in [-0.25, -0.2) is 15.2 Å². The Kier molecular flexibility index (Phi) is 3.45. The molecule has 0 radical (unpaired) electrons. The highest BCUT2D eigenvalue weighted by molar-refractivity contribution is 6.35. The van der Waals surface area contributed by atoms with Crippen molar-refractivity contribution in [2.45, 2.75) is 19.8 Å². The van der Waals surface area contributed by atoms with Gasteiger partial charge in [0.1, 0.15) is 11.6 Å². The van der Waals surface area contributed by atoms with Gasteiger partial charge in [-0.3, -0.25) is 0 Å². The molecule has 0 aliphatic rings. The van der Waals surface area contributed by atoms with Crippen molar-refractivity contribution in [3.8, 4) is 0 Å². The van der Waals surface area contributed by atoms with E-state index < -0.39 is 0 Å². The van der Waals surface area contributed by atoms with Gasteiger partial charge in [0.05, 0.1) is 10.5 Å². The van der Waals surface area contributed by atoms with E-state index in [1.165, 1.54) is 12.1 Å². The van der Waals surface area contributed by atoms with E-state index in [0.29, 0.717) is 21.7 Å². The third kappa shape index (κ3) is 2.18. The Hall–Kier alpha value is -1.39. The normalized spacial score (nSPS) is 10.8. The average molecular weight is 254 g/mol. The number of aryl methyl sites for hydroxylation is 1. The Morgan fingerprint density at radius 2 is 2.24 bits per heavy atom. The maximum absolute atomic E-state index is 13.7. The SMILES string of the molecule is CCCc1cc2c(F)ccc(Cl)c2nc1NN. The zero-order valence-electron chi connectivity index (χ0n) is 9.43. The summed E-state index contributed by atoms with van der Waals surface area (Å²) >= 11 is 5.99. The Morgan fingerprint density at radius 3 is 2.88 bits per heavy atom. The van der Waals surface area contributed by atoms with Crippen LogP contribution in [0.4, 0.5) is 10.2 Å². The number of hydrazine groups is 1. The third-order valence-corrected chi connectivity index (χ3v) is 2.92. The summed E-state index contributed by atoms with van der Waals surface area (Å²) in [6.07, 6.45) is 1.72. The molecule has 1 heterocycles. The maximum Gasteiger partial charge on any atom is 0.143 e. The van der Waals surface area contributed by atoms with E-state index >= 15 is 0 Å². The topological polar surface area (TPSA) is 50.9 Å². The number of hydrogen-bond donors (Lipinski definition) is 2. The molecule has 2 aromatic rings. The van der Waals surface area contributed by atoms with E-state index in [1.807, 2.05) is 6.92 Å². The molecular weight excluding hydrogens is 241 g/mol. The van der Waals surface area contributed by atoms with Crippen LogP contribution in [-0.4, -0.2) is 4.98 Å². The molecule has 0 aliphatic carbocycles. The van der Waals surface area contributed by atoms with Gasteiger partial charge in [-0.1, -0.05) is 24.9 Å². The monoisotopic (exact) mass is 253 g/mol. The van der Waals surface area contributed by atoms with Gasteiger partial charge in [-0.15, -0.1) is 0 Å². The van der Waals surface area contributed by atoms with Crippen molar-refractivity contribution in [3.05, 3.63) is 34.6 Å². The predicted molar refractivity (Wildman–Crippen MR) is 68.5 cm³/mol. The number of nitrogens with one attached hydrogen (secondary N) is 1. The first-order valence-electron chi connectivity index (χ1n) is 5.41. The smallest absolute Gasteiger partial charge is 0.143 e. The van der Waals surface area contributed by atoms with Gasteiger partial charge in [0, 0.05) is 5.39 Å². The van der Waals surface area contributed by atoms with Crippen molar-refractivity contribution in [2.75, 3.05) is 5.43 Å². The number of pyridine rings is 1. The Labute approximate surface area is 104 Å². The molecule has 0 saturated heterocycles. The second-order valence-corrected chi connectivity index (χ2v) is 4.22. The highest BCUT2D eigenvalue weighted by atomic mass is 35.5. The molecule has 2 rings (SSSR count). The van der Waals surface area contributed by atoms with Crippen LogP contribution in [0.5, 0.6) is 0 Å². The quantitative estimate of drug-likeness (QED) is 0.652. The van der Waals surface area contributed by atoms with Gasteiger partial charge in [0.15, 0.2) is 0 Å². The number of benzene rings is 1. The maximum atomic E-state index is 13.7. The van der Waals surface area contributed by atoms with Crippen LogP contribution in [0.15, 0.2) is 18.2 Å². The lowest BCUT2D eigenvalue weighted by Gasteiger charge is -2.10. The molecule has 0 bridgehead atoms. The van der Waals surface area contributed by atoms with Crippen molar-refractivity contribution in [1.29, 1.82) is 0 Å². The van der Waals surface area contributed by atoms with Crippen molar-refractivity contribution >= 4 is 28.3 Å². The molecule has 0 saturated carbocycles. The first kappa shape index (κ1) is 12.1. The van der Waals surface area contributed by atoms with Gasteiger partial charge in [0.25, 0.3) is 0 Å². The second kappa shape index (κ2) is 4.85. The molecule has 1 aromatic heterocycles. The van der Waals surface area contributed by atoms with E-state index in [1.54, 1.807) is 6.07 Å². The minimum atomic E-state index is -0.321. The summed E-state index contributed by atoms with van der Waals surface area (Å²) in [6.45, 7) is 2.04. The summed E-state index contributed by atoms with van der Waals surface area (Å²) in [5.41, 5.74) is 3.85. The van der Waals surface area contributed by atoms with E-state index in [9.17, 15) is 4.39 Å². The van der Waals surface area contributed by atoms with Crippen LogP contribution in [0.2, 0.25) is 5.02 Å². The summed E-state index contributed by atoms with van der Waals surface area (Å²) in [5, 5.41) is 0.848. The summed E-state index contributed by atoms with van der Waals surface area (Å²) in [4.78, 5) is 4.26. The summed E-state index contributed by atoms with van der Waals surface area (Å²) in [5.74, 6) is 5.64. The number of hydrogen-bond acceptors (Lipinski definition) is 3. The van der Waals surface area contributed by atoms with E-state index in [-0.39, 0.29) is 5.82 Å². The third-order valence-electron chi connectivity index (χ3n) is 2.62. The first-order chi connectivity index (χ1) is 8.17. The minimum Gasteiger partial charge on any atom is -0.308 e. The molecule has 5 heteroatoms. The first-order valence-corrected chi connectivity index (χ1v) is 5.79. The zero-order valence-corrected chi connectivity index (χ0v) is 10.2. The van der Waals surface area contributed by atoms with Crippen LogP contribution in [0.1, 0.15) is 18.9 Å². The molecule has 3 nitrogen and oxygen atoms in total. The predicted octanol–water partition coefficient (Wildman–Crippen LogP) is 3.27. The fraction of sp³-hybridized carbons (Fsp3) is 0.250. The van der Waals surface area contributed by atoms with Gasteiger partial charge >= 0.3 is 0 Å². The summed E-state index contributed by atoms with van der Waals surface area (Å²) in [7, 11) is 0. The average Bonchev–Trinajstić information content (AvgIpc) is 2.34. The minimum absolute atomic E-state index is 0.321. The van der Waals surface area contributed by atoms with Crippen molar-refractivity contribution in [3.63, 3.8) is 0 Å². The van der Waals surface area contributed by atoms with Crippen LogP contribution < -0.4 is 11.3 Å². The number of rotatable bonds is 3. The number of fused-ring (bicyclic) bond motifs is 1. The Morgan fingerprint density at radius 1 is 1.47 bits per heavy atom. The molecule has 90 valence electrons. The van der Waals surface area contributed by atoms with Gasteiger partial charge < -0.3 is 5.43 Å². The molecular formula is C12H13ClFN3. The lowest BCUT2D eigenvalue weighted by molar-refractivity contribution is 0.639. The molecule has 0 atom stereocenters. The van der Waals surface area contributed by atoms with Crippen LogP contribution in [-0.2, 0) is 6.42 Å². The molecule has 0 fully saturated rings. The van der Waals surface area contributed by atoms with E-state index in [4.69, 9.17) is 17.4 Å².